The van der Waals surface area contributed by atoms with Crippen molar-refractivity contribution in [1.29, 1.82) is 0 Å². The lowest BCUT2D eigenvalue weighted by Crippen LogP contribution is -2.38. The third-order valence-electron chi connectivity index (χ3n) is 2.56. The minimum atomic E-state index is 0.248. The SMILES string of the molecule is CCCC(C)(C)NCc1ccc(I)cc1. The number of rotatable bonds is 5. The lowest BCUT2D eigenvalue weighted by atomic mass is 9.98. The fourth-order valence-corrected chi connectivity index (χ4v) is 2.02. The Kier molecular flexibility index (Phi) is 5.06. The first-order chi connectivity index (χ1) is 7.03. The second kappa shape index (κ2) is 5.85. The Hall–Kier alpha value is -0.0900. The summed E-state index contributed by atoms with van der Waals surface area (Å²) < 4.78 is 1.30. The van der Waals surface area contributed by atoms with Crippen LogP contribution in [-0.2, 0) is 6.54 Å². The van der Waals surface area contributed by atoms with E-state index >= 15 is 0 Å². The molecule has 0 heterocycles. The van der Waals surface area contributed by atoms with Crippen LogP contribution in [-0.4, -0.2) is 5.54 Å². The van der Waals surface area contributed by atoms with Crippen molar-refractivity contribution in [2.75, 3.05) is 0 Å². The Bertz CT molecular complexity index is 290. The first-order valence-corrected chi connectivity index (χ1v) is 6.61. The van der Waals surface area contributed by atoms with Crippen molar-refractivity contribution in [3.63, 3.8) is 0 Å². The van der Waals surface area contributed by atoms with Gasteiger partial charge in [-0.15, -0.1) is 0 Å². The highest BCUT2D eigenvalue weighted by atomic mass is 127. The summed E-state index contributed by atoms with van der Waals surface area (Å²) in [5, 5.41) is 3.59. The molecule has 2 heteroatoms. The van der Waals surface area contributed by atoms with E-state index in [0.717, 1.165) is 6.54 Å². The molecular weight excluding hydrogens is 297 g/mol. The molecule has 1 N–H and O–H groups in total. The van der Waals surface area contributed by atoms with E-state index in [4.69, 9.17) is 0 Å². The van der Waals surface area contributed by atoms with Crippen molar-refractivity contribution in [1.82, 2.24) is 5.32 Å². The van der Waals surface area contributed by atoms with Gasteiger partial charge in [0.1, 0.15) is 0 Å². The van der Waals surface area contributed by atoms with Crippen LogP contribution in [0.3, 0.4) is 0 Å². The van der Waals surface area contributed by atoms with Crippen LogP contribution in [0.4, 0.5) is 0 Å². The largest absolute Gasteiger partial charge is 0.308 e. The average Bonchev–Trinajstić information content (AvgIpc) is 2.17. The van der Waals surface area contributed by atoms with E-state index in [1.165, 1.54) is 22.0 Å². The summed E-state index contributed by atoms with van der Waals surface area (Å²) in [7, 11) is 0. The Labute approximate surface area is 107 Å². The van der Waals surface area contributed by atoms with E-state index in [-0.39, 0.29) is 5.54 Å². The van der Waals surface area contributed by atoms with Gasteiger partial charge in [-0.2, -0.15) is 0 Å². The molecule has 15 heavy (non-hydrogen) atoms. The van der Waals surface area contributed by atoms with Crippen LogP contribution in [0.1, 0.15) is 39.2 Å². The molecule has 1 rings (SSSR count). The predicted molar refractivity (Wildman–Crippen MR) is 75.0 cm³/mol. The highest BCUT2D eigenvalue weighted by Crippen LogP contribution is 2.13. The molecule has 0 fully saturated rings. The van der Waals surface area contributed by atoms with Crippen LogP contribution >= 0.6 is 22.6 Å². The lowest BCUT2D eigenvalue weighted by Gasteiger charge is -2.26. The topological polar surface area (TPSA) is 12.0 Å². The standard InChI is InChI=1S/C13H20IN/c1-4-9-13(2,3)15-10-11-5-7-12(14)8-6-11/h5-8,15H,4,9-10H2,1-3H3. The number of halogens is 1. The van der Waals surface area contributed by atoms with Crippen molar-refractivity contribution < 1.29 is 0 Å². The Morgan fingerprint density at radius 3 is 2.33 bits per heavy atom. The average molecular weight is 317 g/mol. The number of nitrogens with one attached hydrogen (secondary N) is 1. The quantitative estimate of drug-likeness (QED) is 0.811. The fraction of sp³-hybridized carbons (Fsp3) is 0.538. The molecule has 0 saturated heterocycles. The van der Waals surface area contributed by atoms with Gasteiger partial charge in [-0.05, 0) is 60.6 Å². The van der Waals surface area contributed by atoms with Crippen LogP contribution in [0.15, 0.2) is 24.3 Å². The number of benzene rings is 1. The van der Waals surface area contributed by atoms with Crippen LogP contribution in [0.5, 0.6) is 0 Å². The van der Waals surface area contributed by atoms with Crippen LogP contribution in [0.25, 0.3) is 0 Å². The van der Waals surface area contributed by atoms with Gasteiger partial charge in [-0.3, -0.25) is 0 Å². The van der Waals surface area contributed by atoms with Crippen molar-refractivity contribution >= 4 is 22.6 Å². The number of hydrogen-bond acceptors (Lipinski definition) is 1. The molecule has 0 spiro atoms. The van der Waals surface area contributed by atoms with Gasteiger partial charge in [0.25, 0.3) is 0 Å². The zero-order valence-electron chi connectivity index (χ0n) is 9.81. The summed E-state index contributed by atoms with van der Waals surface area (Å²) >= 11 is 2.33. The predicted octanol–water partition coefficient (Wildman–Crippen LogP) is 3.96. The molecule has 1 nitrogen and oxygen atoms in total. The second-order valence-corrected chi connectivity index (χ2v) is 5.86. The van der Waals surface area contributed by atoms with Gasteiger partial charge in [-0.25, -0.2) is 0 Å². The highest BCUT2D eigenvalue weighted by Gasteiger charge is 2.14. The molecule has 0 aliphatic heterocycles. The molecule has 0 aliphatic carbocycles. The second-order valence-electron chi connectivity index (χ2n) is 4.61. The minimum absolute atomic E-state index is 0.248. The maximum atomic E-state index is 3.59. The molecule has 0 radical (unpaired) electrons. The van der Waals surface area contributed by atoms with Crippen molar-refractivity contribution in [2.45, 2.75) is 45.7 Å². The molecule has 0 saturated carbocycles. The van der Waals surface area contributed by atoms with E-state index in [9.17, 15) is 0 Å². The first kappa shape index (κ1) is 13.0. The summed E-state index contributed by atoms with van der Waals surface area (Å²) in [6.45, 7) is 7.73. The molecule has 0 bridgehead atoms. The zero-order chi connectivity index (χ0) is 11.3. The summed E-state index contributed by atoms with van der Waals surface area (Å²) in [5.74, 6) is 0. The van der Waals surface area contributed by atoms with E-state index < -0.39 is 0 Å². The van der Waals surface area contributed by atoms with E-state index in [1.807, 2.05) is 0 Å². The summed E-state index contributed by atoms with van der Waals surface area (Å²) in [6.07, 6.45) is 2.45. The summed E-state index contributed by atoms with van der Waals surface area (Å²) in [6, 6.07) is 8.70. The van der Waals surface area contributed by atoms with Gasteiger partial charge in [0.2, 0.25) is 0 Å². The van der Waals surface area contributed by atoms with Gasteiger partial charge in [0, 0.05) is 15.7 Å². The van der Waals surface area contributed by atoms with Gasteiger partial charge in [-0.1, -0.05) is 25.5 Å². The van der Waals surface area contributed by atoms with Crippen LogP contribution in [0.2, 0.25) is 0 Å². The normalized spacial score (nSPS) is 11.7. The first-order valence-electron chi connectivity index (χ1n) is 5.53. The lowest BCUT2D eigenvalue weighted by molar-refractivity contribution is 0.357. The molecule has 0 aromatic heterocycles. The van der Waals surface area contributed by atoms with Crippen molar-refractivity contribution in [3.05, 3.63) is 33.4 Å². The molecule has 0 unspecified atom stereocenters. The van der Waals surface area contributed by atoms with Crippen LogP contribution in [0, 0.1) is 3.57 Å². The number of hydrogen-bond donors (Lipinski definition) is 1. The Morgan fingerprint density at radius 1 is 1.20 bits per heavy atom. The third kappa shape index (κ3) is 4.98. The maximum absolute atomic E-state index is 3.59. The molecule has 1 aromatic carbocycles. The molecule has 0 aliphatic rings. The smallest absolute Gasteiger partial charge is 0.0210 e. The van der Waals surface area contributed by atoms with Crippen molar-refractivity contribution in [2.24, 2.45) is 0 Å². The van der Waals surface area contributed by atoms with Crippen molar-refractivity contribution in [3.8, 4) is 0 Å². The minimum Gasteiger partial charge on any atom is -0.308 e. The molecular formula is C13H20IN. The van der Waals surface area contributed by atoms with E-state index in [0.29, 0.717) is 0 Å². The maximum Gasteiger partial charge on any atom is 0.0210 e. The van der Waals surface area contributed by atoms with Gasteiger partial charge < -0.3 is 5.32 Å². The highest BCUT2D eigenvalue weighted by molar-refractivity contribution is 14.1. The van der Waals surface area contributed by atoms with Gasteiger partial charge in [0.05, 0.1) is 0 Å². The van der Waals surface area contributed by atoms with Crippen LogP contribution < -0.4 is 5.32 Å². The summed E-state index contributed by atoms with van der Waals surface area (Å²) in [4.78, 5) is 0. The Balaban J connectivity index is 2.46. The van der Waals surface area contributed by atoms with E-state index in [1.54, 1.807) is 0 Å². The fourth-order valence-electron chi connectivity index (χ4n) is 1.66. The van der Waals surface area contributed by atoms with Gasteiger partial charge >= 0.3 is 0 Å². The van der Waals surface area contributed by atoms with E-state index in [2.05, 4.69) is 72.9 Å². The zero-order valence-corrected chi connectivity index (χ0v) is 12.0. The molecule has 0 atom stereocenters. The molecule has 84 valence electrons. The summed E-state index contributed by atoms with van der Waals surface area (Å²) in [5.41, 5.74) is 1.61. The Morgan fingerprint density at radius 2 is 1.80 bits per heavy atom. The third-order valence-corrected chi connectivity index (χ3v) is 3.28. The van der Waals surface area contributed by atoms with Gasteiger partial charge in [0.15, 0.2) is 0 Å². The monoisotopic (exact) mass is 317 g/mol. The molecule has 1 aromatic rings. The molecule has 0 amide bonds.